The molecule has 2 aromatic rings. The molecule has 0 radical (unpaired) electrons. The van der Waals surface area contributed by atoms with Crippen LogP contribution in [0.2, 0.25) is 0 Å². The molecule has 0 bridgehead atoms. The van der Waals surface area contributed by atoms with E-state index in [1.165, 1.54) is 24.3 Å². The number of nitrogens with zero attached hydrogens (tertiary/aromatic N) is 2. The van der Waals surface area contributed by atoms with E-state index in [4.69, 9.17) is 9.47 Å². The van der Waals surface area contributed by atoms with Gasteiger partial charge in [-0.15, -0.1) is 0 Å². The molecule has 148 valence electrons. The quantitative estimate of drug-likeness (QED) is 0.766. The number of halogens is 1. The first kappa shape index (κ1) is 19.7. The Balaban J connectivity index is 1.45. The Bertz CT molecular complexity index is 800. The highest BCUT2D eigenvalue weighted by molar-refractivity contribution is 5.94. The van der Waals surface area contributed by atoms with Crippen LogP contribution in [-0.2, 0) is 4.79 Å². The first-order valence-electron chi connectivity index (χ1n) is 9.25. The average Bonchev–Trinajstić information content (AvgIpc) is 2.73. The fourth-order valence-electron chi connectivity index (χ4n) is 2.97. The van der Waals surface area contributed by atoms with Crippen molar-refractivity contribution in [2.24, 2.45) is 0 Å². The van der Waals surface area contributed by atoms with E-state index in [0.29, 0.717) is 44.1 Å². The molecule has 0 saturated carbocycles. The summed E-state index contributed by atoms with van der Waals surface area (Å²) < 4.78 is 23.9. The maximum Gasteiger partial charge on any atom is 0.260 e. The van der Waals surface area contributed by atoms with Crippen LogP contribution in [0.15, 0.2) is 48.5 Å². The van der Waals surface area contributed by atoms with Crippen molar-refractivity contribution in [3.05, 3.63) is 59.9 Å². The number of carbonyl (C=O) groups is 2. The molecule has 1 aliphatic rings. The second-order valence-electron chi connectivity index (χ2n) is 6.37. The second-order valence-corrected chi connectivity index (χ2v) is 6.37. The summed E-state index contributed by atoms with van der Waals surface area (Å²) in [4.78, 5) is 28.1. The Hall–Kier alpha value is -3.09. The number of hydrogen-bond acceptors (Lipinski definition) is 4. The number of benzene rings is 2. The molecule has 1 saturated heterocycles. The van der Waals surface area contributed by atoms with Gasteiger partial charge in [-0.05, 0) is 55.5 Å². The normalized spacial score (nSPS) is 13.9. The summed E-state index contributed by atoms with van der Waals surface area (Å²) >= 11 is 0. The van der Waals surface area contributed by atoms with Gasteiger partial charge in [-0.2, -0.15) is 0 Å². The number of rotatable bonds is 6. The van der Waals surface area contributed by atoms with Gasteiger partial charge in [0.25, 0.3) is 11.8 Å². The van der Waals surface area contributed by atoms with Crippen LogP contribution in [0.1, 0.15) is 17.3 Å². The van der Waals surface area contributed by atoms with E-state index in [0.717, 1.165) is 5.75 Å². The van der Waals surface area contributed by atoms with E-state index in [-0.39, 0.29) is 24.2 Å². The van der Waals surface area contributed by atoms with Gasteiger partial charge in [-0.3, -0.25) is 9.59 Å². The van der Waals surface area contributed by atoms with Gasteiger partial charge in [0.05, 0.1) is 6.61 Å². The van der Waals surface area contributed by atoms with Gasteiger partial charge in [0.15, 0.2) is 6.61 Å². The van der Waals surface area contributed by atoms with Gasteiger partial charge < -0.3 is 19.3 Å². The third-order valence-corrected chi connectivity index (χ3v) is 4.51. The molecule has 0 N–H and O–H groups in total. The summed E-state index contributed by atoms with van der Waals surface area (Å²) in [6.07, 6.45) is 0. The molecule has 28 heavy (non-hydrogen) atoms. The van der Waals surface area contributed by atoms with Crippen molar-refractivity contribution in [2.75, 3.05) is 39.4 Å². The molecule has 7 heteroatoms. The Morgan fingerprint density at radius 2 is 1.39 bits per heavy atom. The van der Waals surface area contributed by atoms with E-state index in [1.807, 2.05) is 6.92 Å². The zero-order valence-corrected chi connectivity index (χ0v) is 15.8. The molecule has 1 fully saturated rings. The van der Waals surface area contributed by atoms with Crippen LogP contribution in [-0.4, -0.2) is 61.0 Å². The van der Waals surface area contributed by atoms with Crippen LogP contribution < -0.4 is 9.47 Å². The summed E-state index contributed by atoms with van der Waals surface area (Å²) in [7, 11) is 0. The summed E-state index contributed by atoms with van der Waals surface area (Å²) in [6.45, 7) is 4.21. The van der Waals surface area contributed by atoms with Crippen LogP contribution in [0.4, 0.5) is 4.39 Å². The lowest BCUT2D eigenvalue weighted by molar-refractivity contribution is -0.134. The summed E-state index contributed by atoms with van der Waals surface area (Å²) in [5, 5.41) is 0. The van der Waals surface area contributed by atoms with E-state index >= 15 is 0 Å². The minimum Gasteiger partial charge on any atom is -0.494 e. The fourth-order valence-corrected chi connectivity index (χ4v) is 2.97. The van der Waals surface area contributed by atoms with E-state index in [1.54, 1.807) is 34.1 Å². The SMILES string of the molecule is CCOc1ccc(OCC(=O)N2CCN(C(=O)c3ccc(F)cc3)CC2)cc1. The van der Waals surface area contributed by atoms with Gasteiger partial charge >= 0.3 is 0 Å². The standard InChI is InChI=1S/C21H23FN2O4/c1-2-27-18-7-9-19(10-8-18)28-15-20(25)23-11-13-24(14-12-23)21(26)16-3-5-17(22)6-4-16/h3-10H,2,11-15H2,1H3. The third kappa shape index (κ3) is 5.00. The van der Waals surface area contributed by atoms with Gasteiger partial charge in [0, 0.05) is 31.7 Å². The van der Waals surface area contributed by atoms with E-state index in [9.17, 15) is 14.0 Å². The zero-order valence-electron chi connectivity index (χ0n) is 15.8. The Labute approximate surface area is 163 Å². The molecule has 1 heterocycles. The first-order chi connectivity index (χ1) is 13.6. The molecule has 3 rings (SSSR count). The molecule has 0 unspecified atom stereocenters. The lowest BCUT2D eigenvalue weighted by atomic mass is 10.2. The molecule has 0 spiro atoms. The summed E-state index contributed by atoms with van der Waals surface area (Å²) in [5.74, 6) is 0.699. The van der Waals surface area contributed by atoms with Crippen molar-refractivity contribution < 1.29 is 23.5 Å². The Morgan fingerprint density at radius 1 is 0.857 bits per heavy atom. The first-order valence-corrected chi connectivity index (χ1v) is 9.25. The maximum atomic E-state index is 13.0. The topological polar surface area (TPSA) is 59.1 Å². The minimum absolute atomic E-state index is 0.0557. The largest absolute Gasteiger partial charge is 0.494 e. The molecule has 6 nitrogen and oxygen atoms in total. The molecule has 1 aliphatic heterocycles. The Morgan fingerprint density at radius 3 is 1.96 bits per heavy atom. The van der Waals surface area contributed by atoms with Crippen molar-refractivity contribution in [3.8, 4) is 11.5 Å². The molecule has 2 aromatic carbocycles. The van der Waals surface area contributed by atoms with Gasteiger partial charge in [0.1, 0.15) is 17.3 Å². The van der Waals surface area contributed by atoms with Crippen LogP contribution in [0.5, 0.6) is 11.5 Å². The molecule has 2 amide bonds. The monoisotopic (exact) mass is 386 g/mol. The van der Waals surface area contributed by atoms with Crippen molar-refractivity contribution in [1.29, 1.82) is 0 Å². The molecule has 0 atom stereocenters. The Kier molecular flexibility index (Phi) is 6.47. The number of amides is 2. The third-order valence-electron chi connectivity index (χ3n) is 4.51. The summed E-state index contributed by atoms with van der Waals surface area (Å²) in [6, 6.07) is 12.6. The van der Waals surface area contributed by atoms with Crippen molar-refractivity contribution in [2.45, 2.75) is 6.92 Å². The lowest BCUT2D eigenvalue weighted by Gasteiger charge is -2.34. The van der Waals surface area contributed by atoms with Gasteiger partial charge in [-0.25, -0.2) is 4.39 Å². The highest BCUT2D eigenvalue weighted by Crippen LogP contribution is 2.18. The average molecular weight is 386 g/mol. The number of carbonyl (C=O) groups excluding carboxylic acids is 2. The lowest BCUT2D eigenvalue weighted by Crippen LogP contribution is -2.51. The maximum absolute atomic E-state index is 13.0. The molecule has 0 aromatic heterocycles. The van der Waals surface area contributed by atoms with Crippen molar-refractivity contribution >= 4 is 11.8 Å². The highest BCUT2D eigenvalue weighted by atomic mass is 19.1. The number of hydrogen-bond donors (Lipinski definition) is 0. The van der Waals surface area contributed by atoms with Crippen molar-refractivity contribution in [1.82, 2.24) is 9.80 Å². The predicted molar refractivity (Wildman–Crippen MR) is 102 cm³/mol. The van der Waals surface area contributed by atoms with Gasteiger partial charge in [0.2, 0.25) is 0 Å². The number of piperazine rings is 1. The fraction of sp³-hybridized carbons (Fsp3) is 0.333. The van der Waals surface area contributed by atoms with E-state index in [2.05, 4.69) is 0 Å². The molecular weight excluding hydrogens is 363 g/mol. The highest BCUT2D eigenvalue weighted by Gasteiger charge is 2.25. The predicted octanol–water partition coefficient (Wildman–Crippen LogP) is 2.59. The van der Waals surface area contributed by atoms with Gasteiger partial charge in [-0.1, -0.05) is 0 Å². The van der Waals surface area contributed by atoms with Crippen LogP contribution in [0, 0.1) is 5.82 Å². The number of ether oxygens (including phenoxy) is 2. The molecule has 0 aliphatic carbocycles. The van der Waals surface area contributed by atoms with Crippen molar-refractivity contribution in [3.63, 3.8) is 0 Å². The second kappa shape index (κ2) is 9.21. The zero-order chi connectivity index (χ0) is 19.9. The molecular formula is C21H23FN2O4. The van der Waals surface area contributed by atoms with Crippen LogP contribution >= 0.6 is 0 Å². The smallest absolute Gasteiger partial charge is 0.260 e. The summed E-state index contributed by atoms with van der Waals surface area (Å²) in [5.41, 5.74) is 0.444. The van der Waals surface area contributed by atoms with Crippen LogP contribution in [0.3, 0.4) is 0 Å². The minimum atomic E-state index is -0.375. The van der Waals surface area contributed by atoms with Crippen LogP contribution in [0.25, 0.3) is 0 Å². The van der Waals surface area contributed by atoms with E-state index < -0.39 is 0 Å².